The number of nitrogens with zero attached hydrogens (tertiary/aromatic N) is 2. The highest BCUT2D eigenvalue weighted by Gasteiger charge is 2.30. The van der Waals surface area contributed by atoms with E-state index in [1.54, 1.807) is 49.4 Å². The number of methoxy groups -OCH3 is 1. The van der Waals surface area contributed by atoms with Gasteiger partial charge in [-0.25, -0.2) is 18.3 Å². The van der Waals surface area contributed by atoms with Crippen molar-refractivity contribution in [1.82, 2.24) is 15.1 Å². The van der Waals surface area contributed by atoms with Crippen LogP contribution in [-0.2, 0) is 11.8 Å². The topological polar surface area (TPSA) is 82.5 Å². The van der Waals surface area contributed by atoms with Crippen molar-refractivity contribution in [2.24, 2.45) is 7.05 Å². The number of benzene rings is 2. The van der Waals surface area contributed by atoms with Gasteiger partial charge in [-0.05, 0) is 49.1 Å². The molecule has 174 valence electrons. The lowest BCUT2D eigenvalue weighted by atomic mass is 10.1. The van der Waals surface area contributed by atoms with E-state index in [1.807, 2.05) is 12.3 Å². The van der Waals surface area contributed by atoms with Crippen LogP contribution in [0.3, 0.4) is 0 Å². The summed E-state index contributed by atoms with van der Waals surface area (Å²) in [5.74, 6) is -0.929. The predicted molar refractivity (Wildman–Crippen MR) is 120 cm³/mol. The molecular weight excluding hydrogens is 452 g/mol. The minimum atomic E-state index is -2.97. The molecule has 10 heteroatoms. The predicted octanol–water partition coefficient (Wildman–Crippen LogP) is 5.15. The van der Waals surface area contributed by atoms with Crippen molar-refractivity contribution < 1.29 is 27.8 Å². The van der Waals surface area contributed by atoms with Crippen molar-refractivity contribution in [3.63, 3.8) is 0 Å². The van der Waals surface area contributed by atoms with E-state index in [-0.39, 0.29) is 11.4 Å². The number of nitrogens with one attached hydrogen (secondary N) is 1. The quantitative estimate of drug-likeness (QED) is 0.358. The first-order chi connectivity index (χ1) is 15.7. The Hall–Kier alpha value is -3.40. The lowest BCUT2D eigenvalue weighted by Gasteiger charge is -2.16. The van der Waals surface area contributed by atoms with Crippen LogP contribution in [0.4, 0.5) is 8.78 Å². The summed E-state index contributed by atoms with van der Waals surface area (Å²) >= 11 is 1.50. The first kappa shape index (κ1) is 24.2. The smallest absolute Gasteiger partial charge is 0.337 e. The van der Waals surface area contributed by atoms with Crippen molar-refractivity contribution in [3.8, 4) is 11.6 Å². The first-order valence-corrected chi connectivity index (χ1v) is 11.1. The molecule has 0 saturated heterocycles. The van der Waals surface area contributed by atoms with Gasteiger partial charge in [-0.2, -0.15) is 5.10 Å². The molecule has 1 aromatic heterocycles. The van der Waals surface area contributed by atoms with Crippen LogP contribution in [0.15, 0.2) is 53.4 Å². The number of amides is 1. The van der Waals surface area contributed by atoms with E-state index >= 15 is 0 Å². The van der Waals surface area contributed by atoms with Gasteiger partial charge >= 0.3 is 5.97 Å². The average molecular weight is 476 g/mol. The van der Waals surface area contributed by atoms with E-state index in [0.717, 1.165) is 9.58 Å². The second-order valence-corrected chi connectivity index (χ2v) is 7.96. The van der Waals surface area contributed by atoms with Gasteiger partial charge in [0.25, 0.3) is 12.3 Å². The number of ether oxygens (including phenoxy) is 2. The van der Waals surface area contributed by atoms with Gasteiger partial charge in [-0.3, -0.25) is 4.79 Å². The fraction of sp³-hybridized carbons (Fsp3) is 0.261. The zero-order valence-electron chi connectivity index (χ0n) is 18.5. The maximum atomic E-state index is 13.7. The number of aromatic nitrogens is 2. The summed E-state index contributed by atoms with van der Waals surface area (Å²) in [6.45, 7) is 1.70. The molecule has 0 aliphatic heterocycles. The Morgan fingerprint density at radius 2 is 1.85 bits per heavy atom. The summed E-state index contributed by atoms with van der Waals surface area (Å²) in [6.07, 6.45) is -1.07. The molecule has 0 radical (unpaired) electrons. The molecule has 2 aromatic carbocycles. The first-order valence-electron chi connectivity index (χ1n) is 9.91. The number of hydrogen-bond donors (Lipinski definition) is 1. The second-order valence-electron chi connectivity index (χ2n) is 7.08. The van der Waals surface area contributed by atoms with E-state index in [9.17, 15) is 18.4 Å². The van der Waals surface area contributed by atoms with Gasteiger partial charge in [0.05, 0.1) is 18.7 Å². The van der Waals surface area contributed by atoms with E-state index in [1.165, 1.54) is 25.9 Å². The molecule has 1 amide bonds. The van der Waals surface area contributed by atoms with Crippen molar-refractivity contribution >= 4 is 23.6 Å². The maximum Gasteiger partial charge on any atom is 0.337 e. The number of esters is 1. The van der Waals surface area contributed by atoms with Crippen LogP contribution in [0.1, 0.15) is 51.4 Å². The summed E-state index contributed by atoms with van der Waals surface area (Å²) in [4.78, 5) is 25.6. The van der Waals surface area contributed by atoms with Gasteiger partial charge in [-0.1, -0.05) is 18.2 Å². The third-order valence-corrected chi connectivity index (χ3v) is 5.62. The molecule has 3 aromatic rings. The van der Waals surface area contributed by atoms with Gasteiger partial charge in [0.15, 0.2) is 0 Å². The lowest BCUT2D eigenvalue weighted by molar-refractivity contribution is 0.0600. The number of aryl methyl sites for hydroxylation is 1. The van der Waals surface area contributed by atoms with Gasteiger partial charge < -0.3 is 14.8 Å². The van der Waals surface area contributed by atoms with Gasteiger partial charge in [-0.15, -0.1) is 11.8 Å². The van der Waals surface area contributed by atoms with Gasteiger partial charge in [0, 0.05) is 11.9 Å². The Kier molecular flexibility index (Phi) is 7.70. The van der Waals surface area contributed by atoms with E-state index < -0.39 is 30.0 Å². The van der Waals surface area contributed by atoms with Gasteiger partial charge in [0.2, 0.25) is 5.88 Å². The lowest BCUT2D eigenvalue weighted by Crippen LogP contribution is -2.27. The van der Waals surface area contributed by atoms with Crippen LogP contribution >= 0.6 is 11.8 Å². The zero-order valence-corrected chi connectivity index (χ0v) is 19.3. The Morgan fingerprint density at radius 1 is 1.15 bits per heavy atom. The SMILES string of the molecule is COC(=O)c1ccc(C(C)NC(=O)c2c(C(F)F)nn(C)c2Oc2cccc(SC)c2)cc1. The summed E-state index contributed by atoms with van der Waals surface area (Å²) in [5.41, 5.74) is 0.0307. The standard InChI is InChI=1S/C23H23F2N3O4S/c1-13(14-8-10-15(11-9-14)23(30)31-3)26-21(29)18-19(20(24)25)27-28(2)22(18)32-16-6-5-7-17(12-16)33-4/h5-13,20H,1-4H3,(H,26,29). The highest BCUT2D eigenvalue weighted by Crippen LogP contribution is 2.33. The molecule has 1 N–H and O–H groups in total. The molecule has 7 nitrogen and oxygen atoms in total. The third-order valence-electron chi connectivity index (χ3n) is 4.89. The Morgan fingerprint density at radius 3 is 2.45 bits per heavy atom. The number of halogens is 2. The Balaban J connectivity index is 1.88. The molecular formula is C23H23F2N3O4S. The number of carbonyl (C=O) groups is 2. The van der Waals surface area contributed by atoms with Crippen LogP contribution in [-0.4, -0.2) is 35.0 Å². The van der Waals surface area contributed by atoms with Crippen LogP contribution < -0.4 is 10.1 Å². The number of alkyl halides is 2. The summed E-state index contributed by atoms with van der Waals surface area (Å²) in [5, 5.41) is 6.52. The largest absolute Gasteiger partial charge is 0.465 e. The van der Waals surface area contributed by atoms with Gasteiger partial charge in [0.1, 0.15) is 17.0 Å². The summed E-state index contributed by atoms with van der Waals surface area (Å²) in [6, 6.07) is 13.0. The minimum Gasteiger partial charge on any atom is -0.465 e. The van der Waals surface area contributed by atoms with Crippen LogP contribution in [0, 0.1) is 0 Å². The van der Waals surface area contributed by atoms with E-state index in [2.05, 4.69) is 15.2 Å². The summed E-state index contributed by atoms with van der Waals surface area (Å²) < 4.78 is 39.0. The fourth-order valence-corrected chi connectivity index (χ4v) is 3.61. The van der Waals surface area contributed by atoms with Crippen molar-refractivity contribution in [2.75, 3.05) is 13.4 Å². The van der Waals surface area contributed by atoms with Crippen molar-refractivity contribution in [2.45, 2.75) is 24.3 Å². The molecule has 0 saturated carbocycles. The van der Waals surface area contributed by atoms with Crippen LogP contribution in [0.5, 0.6) is 11.6 Å². The van der Waals surface area contributed by atoms with Crippen molar-refractivity contribution in [3.05, 3.63) is 70.9 Å². The van der Waals surface area contributed by atoms with E-state index in [4.69, 9.17) is 4.74 Å². The number of carbonyl (C=O) groups excluding carboxylic acids is 2. The highest BCUT2D eigenvalue weighted by molar-refractivity contribution is 7.98. The Labute approximate surface area is 194 Å². The normalized spacial score (nSPS) is 11.8. The van der Waals surface area contributed by atoms with Crippen LogP contribution in [0.2, 0.25) is 0 Å². The van der Waals surface area contributed by atoms with Crippen molar-refractivity contribution in [1.29, 1.82) is 0 Å². The molecule has 0 aliphatic rings. The molecule has 33 heavy (non-hydrogen) atoms. The minimum absolute atomic E-state index is 0.0886. The zero-order chi connectivity index (χ0) is 24.1. The molecule has 1 atom stereocenters. The molecule has 0 bridgehead atoms. The second kappa shape index (κ2) is 10.5. The molecule has 0 aliphatic carbocycles. The number of hydrogen-bond acceptors (Lipinski definition) is 6. The molecule has 3 rings (SSSR count). The average Bonchev–Trinajstić information content (AvgIpc) is 3.15. The molecule has 0 spiro atoms. The fourth-order valence-electron chi connectivity index (χ4n) is 3.17. The molecule has 0 fully saturated rings. The molecule has 1 unspecified atom stereocenters. The van der Waals surface area contributed by atoms with Crippen LogP contribution in [0.25, 0.3) is 0 Å². The molecule has 1 heterocycles. The maximum absolute atomic E-state index is 13.7. The number of rotatable bonds is 8. The summed E-state index contributed by atoms with van der Waals surface area (Å²) in [7, 11) is 2.72. The monoisotopic (exact) mass is 475 g/mol. The Bertz CT molecular complexity index is 1150. The van der Waals surface area contributed by atoms with E-state index in [0.29, 0.717) is 16.9 Å². The number of thioether (sulfide) groups is 1. The third kappa shape index (κ3) is 5.51. The highest BCUT2D eigenvalue weighted by atomic mass is 32.2.